The molecule has 5 N–H and O–H groups in total. The molecule has 4 bridgehead atoms. The summed E-state index contributed by atoms with van der Waals surface area (Å²) in [6.45, 7) is 25.8. The Labute approximate surface area is 841 Å². The molecule has 6 fully saturated rings. The van der Waals surface area contributed by atoms with E-state index >= 15 is 14.4 Å². The molecule has 2 heterocycles. The zero-order valence-electron chi connectivity index (χ0n) is 84.4. The van der Waals surface area contributed by atoms with Crippen molar-refractivity contribution in [2.45, 2.75) is 294 Å². The van der Waals surface area contributed by atoms with Gasteiger partial charge in [0, 0.05) is 101 Å². The fourth-order valence-electron chi connectivity index (χ4n) is 22.4. The lowest BCUT2D eigenvalue weighted by atomic mass is 9.44. The van der Waals surface area contributed by atoms with Crippen LogP contribution in [0.1, 0.15) is 233 Å². The van der Waals surface area contributed by atoms with Gasteiger partial charge in [0.15, 0.2) is 55.5 Å². The van der Waals surface area contributed by atoms with Gasteiger partial charge < -0.3 is 96.8 Å². The molecule has 2 aliphatic heterocycles. The zero-order valence-corrected chi connectivity index (χ0v) is 85.4. The lowest BCUT2D eigenvalue weighted by Crippen LogP contribution is -2.82. The maximum Gasteiger partial charge on any atom is 0.338 e. The van der Waals surface area contributed by atoms with E-state index in [1.165, 1.54) is 45.0 Å². The molecule has 22 atom stereocenters. The minimum Gasteiger partial charge on any atom is -0.461 e. The number of esters is 10. The molecule has 35 heteroatoms. The third-order valence-electron chi connectivity index (χ3n) is 31.1. The standard InChI is InChI=1S/C58H71NO16Si.C52H57NO16/c1-34-40(71-53(67)47(75-76(10,11)54(4,5)6)45(37-23-15-12-16-24-37)59-51(65)38-25-17-13-18-26-38)32-58(68)50(73-52(66)39-27-19-14-20-28-39)48-56(9,49(64)46(70-35(2)61)44(34)55(58,7)8)41(72-43(63)29-21-22-30-60)31-42-57(48,33-69-42)74-36(3)62;1-29-35(66-48(62)41(58)40(32-18-10-7-11-19-32)53-46(60)33-20-12-8-13-21-33)27-52(63)45(68-47(61)34-22-14-9-15-23-34)43-50(6,44(59)42(65-30(2)55)39(29)49(52,4)5)36(67-38(57)24-16-17-25-54)26-37-51(43,28-64-37)69-31(3)56/h12-20,23-28,30,40-42,45-48,50,68H,21-22,29,31-33H2,1-11H3,(H,59,65);7-15,18-23,25,35-37,40-43,45,58,63H,16-17,24,26-28H2,1-6H3,(H,53,60)/t40?,41-,42+,45?,46+,47+,48-,50-,56+,57-,58+;35?,36-,37+,40?,41+,42+,43-,45-,50+,51-,52+/m00/s1. The van der Waals surface area contributed by atoms with Crippen LogP contribution in [0.5, 0.6) is 0 Å². The Bertz CT molecular complexity index is 5970. The summed E-state index contributed by atoms with van der Waals surface area (Å²) in [6, 6.07) is 46.7. The van der Waals surface area contributed by atoms with Crippen LogP contribution in [-0.4, -0.2) is 228 Å². The predicted molar refractivity (Wildman–Crippen MR) is 519 cm³/mol. The third-order valence-corrected chi connectivity index (χ3v) is 35.5. The highest BCUT2D eigenvalue weighted by Gasteiger charge is 2.82. The van der Waals surface area contributed by atoms with Gasteiger partial charge in [0.25, 0.3) is 11.8 Å². The van der Waals surface area contributed by atoms with Crippen LogP contribution in [0.3, 0.4) is 0 Å². The number of hydrogen-bond donors (Lipinski definition) is 5. The van der Waals surface area contributed by atoms with Crippen molar-refractivity contribution < 1.29 is 153 Å². The number of carbonyl (C=O) groups excluding carboxylic acids is 16. The molecule has 0 spiro atoms. The molecular formula is C110H128N2O32Si. The van der Waals surface area contributed by atoms with Gasteiger partial charge in [-0.15, -0.1) is 0 Å². The molecule has 774 valence electrons. The number of aldehydes is 2. The summed E-state index contributed by atoms with van der Waals surface area (Å²) in [5.41, 5.74) is -14.6. The van der Waals surface area contributed by atoms with E-state index in [0.29, 0.717) is 29.3 Å². The molecule has 145 heavy (non-hydrogen) atoms. The second-order valence-electron chi connectivity index (χ2n) is 41.6. The monoisotopic (exact) mass is 2020 g/mol. The van der Waals surface area contributed by atoms with Crippen molar-refractivity contribution in [3.8, 4) is 0 Å². The lowest BCUT2D eigenvalue weighted by molar-refractivity contribution is -0.346. The third kappa shape index (κ3) is 21.2. The van der Waals surface area contributed by atoms with Crippen LogP contribution in [0.4, 0.5) is 0 Å². The molecule has 6 aliphatic carbocycles. The first-order chi connectivity index (χ1) is 68.3. The number of Topliss-reactive ketones (excluding diaryl/α,β-unsaturated/α-hetero) is 2. The van der Waals surface area contributed by atoms with Crippen molar-refractivity contribution in [1.82, 2.24) is 10.6 Å². The van der Waals surface area contributed by atoms with Gasteiger partial charge in [-0.05, 0) is 141 Å². The maximum atomic E-state index is 16.3. The van der Waals surface area contributed by atoms with E-state index in [0.717, 1.165) is 27.7 Å². The average molecular weight is 2020 g/mol. The van der Waals surface area contributed by atoms with Gasteiger partial charge in [-0.25, -0.2) is 19.2 Å². The van der Waals surface area contributed by atoms with Crippen LogP contribution >= 0.6 is 0 Å². The average Bonchev–Trinajstić information content (AvgIpc) is 0.668. The van der Waals surface area contributed by atoms with Crippen LogP contribution in [-0.2, 0) is 119 Å². The summed E-state index contributed by atoms with van der Waals surface area (Å²) in [6.07, 6.45) is -19.8. The van der Waals surface area contributed by atoms with E-state index in [9.17, 15) is 77.6 Å². The molecule has 0 aromatic heterocycles. The fourth-order valence-corrected chi connectivity index (χ4v) is 23.6. The number of carbonyl (C=O) groups is 16. The Balaban J connectivity index is 0.000000244. The van der Waals surface area contributed by atoms with Gasteiger partial charge in [0.2, 0.25) is 0 Å². The number of aliphatic hydroxyl groups excluding tert-OH is 1. The maximum absolute atomic E-state index is 16.3. The van der Waals surface area contributed by atoms with Crippen molar-refractivity contribution >= 4 is 104 Å². The number of aliphatic hydroxyl groups is 3. The molecular weight excluding hydrogens is 1890 g/mol. The van der Waals surface area contributed by atoms with Crippen LogP contribution < -0.4 is 10.6 Å². The largest absolute Gasteiger partial charge is 0.461 e. The highest BCUT2D eigenvalue weighted by atomic mass is 28.4. The smallest absolute Gasteiger partial charge is 0.338 e. The second-order valence-corrected chi connectivity index (χ2v) is 46.4. The summed E-state index contributed by atoms with van der Waals surface area (Å²) < 4.78 is 82.0. The van der Waals surface area contributed by atoms with Gasteiger partial charge in [0.1, 0.15) is 72.6 Å². The Morgan fingerprint density at radius 2 is 0.786 bits per heavy atom. The molecule has 2 saturated heterocycles. The Morgan fingerprint density at radius 1 is 0.455 bits per heavy atom. The Kier molecular flexibility index (Phi) is 32.7. The number of ether oxygens (including phenoxy) is 12. The number of nitrogens with one attached hydrogen (secondary N) is 2. The number of benzene rings is 6. The number of ketones is 2. The zero-order chi connectivity index (χ0) is 106. The minimum atomic E-state index is -2.98. The molecule has 14 rings (SSSR count). The number of amides is 2. The van der Waals surface area contributed by atoms with Crippen molar-refractivity contribution in [2.75, 3.05) is 13.2 Å². The van der Waals surface area contributed by atoms with Gasteiger partial charge in [0.05, 0.1) is 59.1 Å². The minimum absolute atomic E-state index is 0.00289. The molecule has 6 aromatic carbocycles. The molecule has 2 amide bonds. The second kappa shape index (κ2) is 43.4. The lowest BCUT2D eigenvalue weighted by Gasteiger charge is -2.67. The predicted octanol–water partition coefficient (Wildman–Crippen LogP) is 12.3. The van der Waals surface area contributed by atoms with E-state index in [4.69, 9.17) is 61.3 Å². The number of rotatable bonds is 32. The number of fused-ring (bicyclic) bond motifs is 10. The van der Waals surface area contributed by atoms with E-state index < -0.39 is 251 Å². The molecule has 8 aliphatic rings. The first kappa shape index (κ1) is 109. The summed E-state index contributed by atoms with van der Waals surface area (Å²) in [4.78, 5) is 223. The van der Waals surface area contributed by atoms with Crippen LogP contribution in [0.15, 0.2) is 204 Å². The van der Waals surface area contributed by atoms with Crippen LogP contribution in [0.2, 0.25) is 18.1 Å². The van der Waals surface area contributed by atoms with Crippen molar-refractivity contribution in [3.63, 3.8) is 0 Å². The number of hydrogen-bond acceptors (Lipinski definition) is 32. The summed E-state index contributed by atoms with van der Waals surface area (Å²) >= 11 is 0. The van der Waals surface area contributed by atoms with Gasteiger partial charge in [-0.3, -0.25) is 47.9 Å². The molecule has 34 nitrogen and oxygen atoms in total. The topological polar surface area (TPSA) is 478 Å². The fraction of sp³-hybridized carbons (Fsp3) is 0.491. The van der Waals surface area contributed by atoms with Gasteiger partial charge >= 0.3 is 59.7 Å². The van der Waals surface area contributed by atoms with E-state index in [-0.39, 0.29) is 104 Å². The van der Waals surface area contributed by atoms with Crippen molar-refractivity contribution in [3.05, 3.63) is 238 Å². The molecule has 0 radical (unpaired) electrons. The summed E-state index contributed by atoms with van der Waals surface area (Å²) in [7, 11) is -2.98. The van der Waals surface area contributed by atoms with E-state index in [1.807, 2.05) is 33.9 Å². The normalized spacial score (nSPS) is 29.0. The highest BCUT2D eigenvalue weighted by Crippen LogP contribution is 2.68. The van der Waals surface area contributed by atoms with Crippen molar-refractivity contribution in [1.29, 1.82) is 0 Å². The quantitative estimate of drug-likeness (QED) is 0.00654. The molecule has 6 aromatic rings. The highest BCUT2D eigenvalue weighted by molar-refractivity contribution is 6.74. The molecule has 4 unspecified atom stereocenters. The summed E-state index contributed by atoms with van der Waals surface area (Å²) in [5.74, 6) is -15.4. The summed E-state index contributed by atoms with van der Waals surface area (Å²) in [5, 5.41) is 45.4. The van der Waals surface area contributed by atoms with E-state index in [1.54, 1.807) is 192 Å². The van der Waals surface area contributed by atoms with Crippen LogP contribution in [0.25, 0.3) is 0 Å². The van der Waals surface area contributed by atoms with Gasteiger partial charge in [-0.1, -0.05) is 182 Å². The number of unbranched alkanes of at least 4 members (excludes halogenated alkanes) is 2. The SMILES string of the molecule is CC(=O)O[C@H]1C(=O)[C@]2(C)[C@@H](OC(=O)CCCC=O)C[C@H]3OC[C@@]3(OC(C)=O)[C@H]2[C@H](OC(=O)c2ccccc2)[C@]2(O)CC(OC(=O)[C@H](O)C(NC(=O)c3ccccc3)c3ccccc3)C(C)=C1C2(C)C.CC(=O)O[C@H]1C(=O)[C@]2(C)[C@@H](OC(=O)CCCC=O)C[C@H]3OC[C@@]3(OC(C)=O)[C@H]2[C@H](OC(=O)c2ccccc2)[C@]2(O)CC(OC(=O)[C@H](O[Si](C)(C)C(C)(C)C)C(NC(=O)c3ccccc3)c3ccccc3)C(C)=C1C2(C)C. The van der Waals surface area contributed by atoms with Gasteiger partial charge in [-0.2, -0.15) is 0 Å². The first-order valence-electron chi connectivity index (χ1n) is 48.6. The van der Waals surface area contributed by atoms with Crippen LogP contribution in [0, 0.1) is 33.5 Å². The Morgan fingerprint density at radius 3 is 1.11 bits per heavy atom. The van der Waals surface area contributed by atoms with Crippen molar-refractivity contribution in [2.24, 2.45) is 33.5 Å². The Hall–Kier alpha value is -12.9. The molecule has 4 saturated carbocycles. The van der Waals surface area contributed by atoms with E-state index in [2.05, 4.69) is 10.6 Å². The first-order valence-corrected chi connectivity index (χ1v) is 51.6.